The van der Waals surface area contributed by atoms with Gasteiger partial charge in [-0.05, 0) is 50.2 Å². The van der Waals surface area contributed by atoms with Gasteiger partial charge < -0.3 is 15.1 Å². The second-order valence-corrected chi connectivity index (χ2v) is 6.87. The lowest BCUT2D eigenvalue weighted by atomic mass is 10.1. The van der Waals surface area contributed by atoms with Crippen LogP contribution in [0, 0.1) is 13.8 Å². The first-order valence-electron chi connectivity index (χ1n) is 9.55. The molecule has 0 aliphatic carbocycles. The van der Waals surface area contributed by atoms with Gasteiger partial charge in [0.15, 0.2) is 0 Å². The van der Waals surface area contributed by atoms with Crippen LogP contribution >= 0.6 is 0 Å². The number of carbonyl (C=O) groups is 3. The number of anilines is 1. The fraction of sp³-hybridized carbons (Fsp3) is 0.130. The molecule has 0 aliphatic rings. The maximum absolute atomic E-state index is 12.0. The number of nitrogens with zero attached hydrogens (tertiary/aromatic N) is 1. The van der Waals surface area contributed by atoms with E-state index in [1.807, 2.05) is 38.1 Å². The van der Waals surface area contributed by atoms with Crippen molar-refractivity contribution in [2.24, 2.45) is 5.10 Å². The summed E-state index contributed by atoms with van der Waals surface area (Å²) in [7, 11) is 0. The smallest absolute Gasteiger partial charge is 0.313 e. The van der Waals surface area contributed by atoms with E-state index in [2.05, 4.69) is 21.2 Å². The Bertz CT molecular complexity index is 1100. The number of furan rings is 1. The van der Waals surface area contributed by atoms with Crippen LogP contribution < -0.4 is 16.1 Å². The summed E-state index contributed by atoms with van der Waals surface area (Å²) in [5.74, 6) is -1.07. The van der Waals surface area contributed by atoms with Gasteiger partial charge in [0.05, 0.1) is 12.8 Å². The summed E-state index contributed by atoms with van der Waals surface area (Å²) in [4.78, 5) is 35.9. The monoisotopic (exact) mass is 418 g/mol. The summed E-state index contributed by atoms with van der Waals surface area (Å²) in [6.45, 7) is 3.90. The van der Waals surface area contributed by atoms with Crippen molar-refractivity contribution < 1.29 is 18.8 Å². The van der Waals surface area contributed by atoms with E-state index in [0.29, 0.717) is 22.8 Å². The molecule has 2 aromatic carbocycles. The van der Waals surface area contributed by atoms with Gasteiger partial charge >= 0.3 is 11.8 Å². The molecule has 8 nitrogen and oxygen atoms in total. The molecule has 0 atom stereocenters. The lowest BCUT2D eigenvalue weighted by molar-refractivity contribution is -0.136. The van der Waals surface area contributed by atoms with E-state index in [0.717, 1.165) is 11.1 Å². The van der Waals surface area contributed by atoms with Gasteiger partial charge in [0.25, 0.3) is 5.91 Å². The number of hydrazone groups is 1. The van der Waals surface area contributed by atoms with Crippen LogP contribution in [0.5, 0.6) is 0 Å². The van der Waals surface area contributed by atoms with Gasteiger partial charge in [0, 0.05) is 11.3 Å². The van der Waals surface area contributed by atoms with Crippen LogP contribution in [-0.4, -0.2) is 23.9 Å². The van der Waals surface area contributed by atoms with Crippen LogP contribution in [0.25, 0.3) is 0 Å². The predicted molar refractivity (Wildman–Crippen MR) is 117 cm³/mol. The molecule has 0 aliphatic heterocycles. The Kier molecular flexibility index (Phi) is 6.95. The highest BCUT2D eigenvalue weighted by atomic mass is 16.3. The number of carbonyl (C=O) groups excluding carboxylic acids is 3. The quantitative estimate of drug-likeness (QED) is 0.324. The molecule has 3 N–H and O–H groups in total. The van der Waals surface area contributed by atoms with E-state index in [1.54, 1.807) is 36.4 Å². The molecule has 0 radical (unpaired) electrons. The Morgan fingerprint density at radius 1 is 0.871 bits per heavy atom. The standard InChI is InChI=1S/C23H22N4O4/c1-15-3-7-17(8-4-15)21(28)27-25-14-20-12-11-19(31-20)13-24-22(29)23(30)26-18-9-5-16(2)6-10-18/h3-12,14H,13H2,1-2H3,(H,24,29)(H,26,30)(H,27,28)/b25-14-. The highest BCUT2D eigenvalue weighted by Gasteiger charge is 2.14. The first-order valence-corrected chi connectivity index (χ1v) is 9.55. The predicted octanol–water partition coefficient (Wildman–Crippen LogP) is 2.92. The second-order valence-electron chi connectivity index (χ2n) is 6.87. The highest BCUT2D eigenvalue weighted by molar-refractivity contribution is 6.39. The first kappa shape index (κ1) is 21.5. The van der Waals surface area contributed by atoms with Crippen LogP contribution in [0.4, 0.5) is 5.69 Å². The fourth-order valence-electron chi connectivity index (χ4n) is 2.56. The number of hydrogen-bond donors (Lipinski definition) is 3. The molecule has 0 bridgehead atoms. The van der Waals surface area contributed by atoms with Crippen molar-refractivity contribution in [1.29, 1.82) is 0 Å². The summed E-state index contributed by atoms with van der Waals surface area (Å²) in [5.41, 5.74) is 5.56. The molecule has 1 heterocycles. The van der Waals surface area contributed by atoms with Gasteiger partial charge in [0.2, 0.25) is 0 Å². The number of amides is 3. The van der Waals surface area contributed by atoms with Crippen LogP contribution in [0.1, 0.15) is 33.0 Å². The zero-order chi connectivity index (χ0) is 22.2. The van der Waals surface area contributed by atoms with Crippen molar-refractivity contribution in [3.05, 3.63) is 88.9 Å². The number of nitrogens with one attached hydrogen (secondary N) is 3. The molecule has 8 heteroatoms. The lowest BCUT2D eigenvalue weighted by Crippen LogP contribution is -2.34. The third-order valence-corrected chi connectivity index (χ3v) is 4.29. The minimum atomic E-state index is -0.780. The number of aryl methyl sites for hydroxylation is 2. The largest absolute Gasteiger partial charge is 0.458 e. The second kappa shape index (κ2) is 10.0. The summed E-state index contributed by atoms with van der Waals surface area (Å²) < 4.78 is 5.50. The van der Waals surface area contributed by atoms with Gasteiger partial charge in [-0.1, -0.05) is 35.4 Å². The molecule has 0 fully saturated rings. The van der Waals surface area contributed by atoms with E-state index in [9.17, 15) is 14.4 Å². The Morgan fingerprint density at radius 2 is 1.52 bits per heavy atom. The SMILES string of the molecule is Cc1ccc(NC(=O)C(=O)NCc2ccc(/C=N\NC(=O)c3ccc(C)cc3)o2)cc1. The Labute approximate surface area is 179 Å². The molecule has 0 unspecified atom stereocenters. The van der Waals surface area contributed by atoms with Crippen LogP contribution in [0.2, 0.25) is 0 Å². The van der Waals surface area contributed by atoms with E-state index in [4.69, 9.17) is 4.42 Å². The van der Waals surface area contributed by atoms with Gasteiger partial charge in [-0.2, -0.15) is 5.10 Å². The molecule has 1 aromatic heterocycles. The normalized spacial score (nSPS) is 10.6. The summed E-state index contributed by atoms with van der Waals surface area (Å²) in [5, 5.41) is 8.87. The van der Waals surface area contributed by atoms with Crippen LogP contribution in [0.3, 0.4) is 0 Å². The van der Waals surface area contributed by atoms with Gasteiger partial charge in [-0.15, -0.1) is 0 Å². The molecular formula is C23H22N4O4. The first-order chi connectivity index (χ1) is 14.9. The fourth-order valence-corrected chi connectivity index (χ4v) is 2.56. The zero-order valence-corrected chi connectivity index (χ0v) is 17.1. The molecule has 0 saturated carbocycles. The molecule has 3 rings (SSSR count). The minimum absolute atomic E-state index is 0.0315. The minimum Gasteiger partial charge on any atom is -0.458 e. The average Bonchev–Trinajstić information content (AvgIpc) is 3.21. The van der Waals surface area contributed by atoms with Crippen molar-refractivity contribution >= 4 is 29.6 Å². The van der Waals surface area contributed by atoms with Crippen molar-refractivity contribution in [3.8, 4) is 0 Å². The van der Waals surface area contributed by atoms with E-state index >= 15 is 0 Å². The van der Waals surface area contributed by atoms with E-state index in [-0.39, 0.29) is 12.5 Å². The third-order valence-electron chi connectivity index (χ3n) is 4.29. The summed E-state index contributed by atoms with van der Waals surface area (Å²) >= 11 is 0. The van der Waals surface area contributed by atoms with E-state index < -0.39 is 11.8 Å². The molecule has 3 amide bonds. The molecule has 0 spiro atoms. The summed E-state index contributed by atoms with van der Waals surface area (Å²) in [6.07, 6.45) is 1.35. The molecule has 31 heavy (non-hydrogen) atoms. The Morgan fingerprint density at radius 3 is 2.19 bits per heavy atom. The zero-order valence-electron chi connectivity index (χ0n) is 17.1. The van der Waals surface area contributed by atoms with Crippen LogP contribution in [0.15, 0.2) is 70.2 Å². The van der Waals surface area contributed by atoms with Crippen molar-refractivity contribution in [1.82, 2.24) is 10.7 Å². The maximum atomic E-state index is 12.0. The number of hydrogen-bond acceptors (Lipinski definition) is 5. The summed E-state index contributed by atoms with van der Waals surface area (Å²) in [6, 6.07) is 17.5. The van der Waals surface area contributed by atoms with E-state index in [1.165, 1.54) is 6.21 Å². The molecule has 158 valence electrons. The third kappa shape index (κ3) is 6.40. The maximum Gasteiger partial charge on any atom is 0.313 e. The van der Waals surface area contributed by atoms with Crippen molar-refractivity contribution in [2.75, 3.05) is 5.32 Å². The van der Waals surface area contributed by atoms with Gasteiger partial charge in [-0.25, -0.2) is 5.43 Å². The Hall–Kier alpha value is -4.20. The number of benzene rings is 2. The van der Waals surface area contributed by atoms with Crippen molar-refractivity contribution in [3.63, 3.8) is 0 Å². The molecule has 3 aromatic rings. The molecule has 0 saturated heterocycles. The highest BCUT2D eigenvalue weighted by Crippen LogP contribution is 2.09. The van der Waals surface area contributed by atoms with Crippen LogP contribution in [-0.2, 0) is 16.1 Å². The van der Waals surface area contributed by atoms with Gasteiger partial charge in [-0.3, -0.25) is 14.4 Å². The lowest BCUT2D eigenvalue weighted by Gasteiger charge is -2.05. The van der Waals surface area contributed by atoms with Gasteiger partial charge in [0.1, 0.15) is 11.5 Å². The van der Waals surface area contributed by atoms with Crippen molar-refractivity contribution in [2.45, 2.75) is 20.4 Å². The topological polar surface area (TPSA) is 113 Å². The molecular weight excluding hydrogens is 396 g/mol. The number of rotatable bonds is 6. The average molecular weight is 418 g/mol. The Balaban J connectivity index is 1.45.